The van der Waals surface area contributed by atoms with Crippen LogP contribution in [0.4, 0.5) is 0 Å². The highest BCUT2D eigenvalue weighted by Crippen LogP contribution is 2.68. The second-order valence-electron chi connectivity index (χ2n) is 7.91. The van der Waals surface area contributed by atoms with E-state index in [0.717, 1.165) is 14.9 Å². The Morgan fingerprint density at radius 2 is 1.88 bits per heavy atom. The van der Waals surface area contributed by atoms with Gasteiger partial charge in [-0.2, -0.15) is 0 Å². The molecule has 1 aliphatic carbocycles. The highest BCUT2D eigenvalue weighted by molar-refractivity contribution is 14.1. The molecule has 0 unspecified atom stereocenters. The molecule has 0 aromatic heterocycles. The fourth-order valence-electron chi connectivity index (χ4n) is 3.50. The fraction of sp³-hybridized carbons (Fsp3) is 0.611. The average Bonchev–Trinajstić information content (AvgIpc) is 2.94. The molecule has 2 atom stereocenters. The van der Waals surface area contributed by atoms with Gasteiger partial charge in [-0.15, -0.1) is 0 Å². The third-order valence-electron chi connectivity index (χ3n) is 4.92. The summed E-state index contributed by atoms with van der Waals surface area (Å²) in [5.74, 6) is 0.642. The van der Waals surface area contributed by atoms with Gasteiger partial charge < -0.3 is 13.9 Å². The zero-order valence-electron chi connectivity index (χ0n) is 15.5. The Bertz CT molecular complexity index is 638. The van der Waals surface area contributed by atoms with Gasteiger partial charge in [0.15, 0.2) is 8.32 Å². The molecule has 134 valence electrons. The molecule has 1 aromatic rings. The molecule has 0 heterocycles. The van der Waals surface area contributed by atoms with Crippen molar-refractivity contribution < 1.29 is 18.7 Å². The third-order valence-corrected chi connectivity index (χ3v) is 7.09. The largest absolute Gasteiger partial charge is 0.496 e. The van der Waals surface area contributed by atoms with Crippen molar-refractivity contribution in [2.24, 2.45) is 10.8 Å². The van der Waals surface area contributed by atoms with Crippen molar-refractivity contribution in [3.63, 3.8) is 0 Å². The Kier molecular flexibility index (Phi) is 5.43. The normalized spacial score (nSPS) is 25.2. The molecular weight excluding hydrogens is 435 g/mol. The lowest BCUT2D eigenvalue weighted by atomic mass is 9.88. The fourth-order valence-corrected chi connectivity index (χ4v) is 5.47. The Balaban J connectivity index is 2.43. The van der Waals surface area contributed by atoms with Crippen molar-refractivity contribution in [2.75, 3.05) is 14.2 Å². The number of ether oxygens (including phenoxy) is 2. The smallest absolute Gasteiger partial charge is 0.315 e. The number of methoxy groups -OCH3 is 2. The van der Waals surface area contributed by atoms with Crippen LogP contribution in [-0.2, 0) is 20.4 Å². The first-order valence-corrected chi connectivity index (χ1v) is 12.6. The van der Waals surface area contributed by atoms with Crippen LogP contribution in [-0.4, -0.2) is 34.6 Å². The van der Waals surface area contributed by atoms with Crippen LogP contribution >= 0.6 is 22.6 Å². The van der Waals surface area contributed by atoms with Gasteiger partial charge in [-0.05, 0) is 60.3 Å². The van der Waals surface area contributed by atoms with Gasteiger partial charge in [0, 0.05) is 5.41 Å². The lowest BCUT2D eigenvalue weighted by molar-refractivity contribution is -0.149. The number of benzene rings is 1. The quantitative estimate of drug-likeness (QED) is 0.360. The number of esters is 1. The van der Waals surface area contributed by atoms with E-state index < -0.39 is 13.7 Å². The molecule has 0 saturated heterocycles. The molecule has 1 aliphatic rings. The molecule has 1 saturated carbocycles. The third kappa shape index (κ3) is 3.24. The van der Waals surface area contributed by atoms with Crippen LogP contribution in [0.3, 0.4) is 0 Å². The Labute approximate surface area is 159 Å². The molecule has 4 nitrogen and oxygen atoms in total. The number of carbonyl (C=O) groups excluding carboxylic acids is 1. The maximum atomic E-state index is 12.8. The predicted molar refractivity (Wildman–Crippen MR) is 106 cm³/mol. The molecule has 1 aromatic carbocycles. The molecule has 0 N–H and O–H groups in total. The van der Waals surface area contributed by atoms with E-state index in [2.05, 4.69) is 62.1 Å². The summed E-state index contributed by atoms with van der Waals surface area (Å²) in [6, 6.07) is 5.95. The van der Waals surface area contributed by atoms with Crippen molar-refractivity contribution in [1.82, 2.24) is 0 Å². The van der Waals surface area contributed by atoms with Crippen molar-refractivity contribution in [3.05, 3.63) is 27.3 Å². The molecular formula is C18H27IO4Si. The zero-order chi connectivity index (χ0) is 18.3. The molecule has 2 rings (SSSR count). The number of halogens is 1. The van der Waals surface area contributed by atoms with Gasteiger partial charge in [0.05, 0.1) is 23.9 Å². The maximum absolute atomic E-state index is 12.8. The molecule has 0 amide bonds. The van der Waals surface area contributed by atoms with Crippen LogP contribution in [0.15, 0.2) is 18.2 Å². The summed E-state index contributed by atoms with van der Waals surface area (Å²) in [5, 5.41) is 0. The molecule has 0 radical (unpaired) electrons. The molecule has 24 heavy (non-hydrogen) atoms. The van der Waals surface area contributed by atoms with Crippen LogP contribution in [0.1, 0.15) is 19.4 Å². The molecule has 0 bridgehead atoms. The van der Waals surface area contributed by atoms with Gasteiger partial charge in [0.2, 0.25) is 0 Å². The van der Waals surface area contributed by atoms with Crippen LogP contribution in [0.25, 0.3) is 0 Å². The molecule has 6 heteroatoms. The van der Waals surface area contributed by atoms with Gasteiger partial charge in [-0.3, -0.25) is 4.79 Å². The monoisotopic (exact) mass is 462 g/mol. The second-order valence-corrected chi connectivity index (χ2v) is 13.4. The summed E-state index contributed by atoms with van der Waals surface area (Å²) in [6.45, 7) is 10.7. The topological polar surface area (TPSA) is 44.8 Å². The molecule has 0 spiro atoms. The lowest BCUT2D eigenvalue weighted by Gasteiger charge is -2.22. The Hall–Kier alpha value is -0.603. The Morgan fingerprint density at radius 3 is 2.38 bits per heavy atom. The number of hydrogen-bond acceptors (Lipinski definition) is 4. The van der Waals surface area contributed by atoms with Gasteiger partial charge in [0.1, 0.15) is 11.2 Å². The minimum absolute atomic E-state index is 0.119. The lowest BCUT2D eigenvalue weighted by Crippen LogP contribution is -2.32. The van der Waals surface area contributed by atoms with E-state index in [1.165, 1.54) is 7.11 Å². The van der Waals surface area contributed by atoms with E-state index in [1.807, 2.05) is 12.1 Å². The van der Waals surface area contributed by atoms with Crippen LogP contribution < -0.4 is 4.74 Å². The maximum Gasteiger partial charge on any atom is 0.315 e. The van der Waals surface area contributed by atoms with Gasteiger partial charge >= 0.3 is 5.97 Å². The molecule has 1 fully saturated rings. The van der Waals surface area contributed by atoms with Crippen LogP contribution in [0.5, 0.6) is 5.75 Å². The minimum atomic E-state index is -1.78. The SMILES string of the molecule is COC(=O)[C@]1(Cc2cccc(OC)c2I)[C@@H](O[Si](C)(C)C)C1(C)C. The number of carbonyl (C=O) groups is 1. The van der Waals surface area contributed by atoms with E-state index in [1.54, 1.807) is 7.11 Å². The number of rotatable bonds is 6. The van der Waals surface area contributed by atoms with Crippen molar-refractivity contribution in [3.8, 4) is 5.75 Å². The van der Waals surface area contributed by atoms with Crippen LogP contribution in [0, 0.1) is 14.4 Å². The van der Waals surface area contributed by atoms with E-state index in [9.17, 15) is 4.79 Å². The predicted octanol–water partition coefficient (Wildman–Crippen LogP) is 4.26. The first kappa shape index (κ1) is 19.7. The van der Waals surface area contributed by atoms with E-state index in [4.69, 9.17) is 13.9 Å². The summed E-state index contributed by atoms with van der Waals surface area (Å²) in [5.41, 5.74) is 0.191. The van der Waals surface area contributed by atoms with Gasteiger partial charge in [0.25, 0.3) is 0 Å². The van der Waals surface area contributed by atoms with Crippen molar-refractivity contribution in [2.45, 2.75) is 46.0 Å². The highest BCUT2D eigenvalue weighted by atomic mass is 127. The molecule has 0 aliphatic heterocycles. The average molecular weight is 462 g/mol. The van der Waals surface area contributed by atoms with Gasteiger partial charge in [-0.25, -0.2) is 0 Å². The summed E-state index contributed by atoms with van der Waals surface area (Å²) in [4.78, 5) is 12.8. The number of hydrogen-bond donors (Lipinski definition) is 0. The minimum Gasteiger partial charge on any atom is -0.496 e. The van der Waals surface area contributed by atoms with E-state index in [-0.39, 0.29) is 17.5 Å². The van der Waals surface area contributed by atoms with Crippen molar-refractivity contribution >= 4 is 36.9 Å². The first-order chi connectivity index (χ1) is 11.0. The standard InChI is InChI=1S/C18H27IO4Si/c1-17(2)15(23-24(5,6)7)18(17,16(20)22-4)11-12-9-8-10-13(21-3)14(12)19/h8-10,15H,11H2,1-7H3/t15-,18-/m0/s1. The van der Waals surface area contributed by atoms with Crippen LogP contribution in [0.2, 0.25) is 19.6 Å². The summed E-state index contributed by atoms with van der Waals surface area (Å²) < 4.78 is 18.0. The van der Waals surface area contributed by atoms with E-state index >= 15 is 0 Å². The second kappa shape index (κ2) is 6.61. The summed E-state index contributed by atoms with van der Waals surface area (Å²) in [6.07, 6.45) is 0.475. The Morgan fingerprint density at radius 1 is 1.25 bits per heavy atom. The summed E-state index contributed by atoms with van der Waals surface area (Å²) >= 11 is 2.28. The highest BCUT2D eigenvalue weighted by Gasteiger charge is 2.77. The van der Waals surface area contributed by atoms with Crippen molar-refractivity contribution in [1.29, 1.82) is 0 Å². The first-order valence-electron chi connectivity index (χ1n) is 8.09. The van der Waals surface area contributed by atoms with E-state index in [0.29, 0.717) is 6.42 Å². The zero-order valence-corrected chi connectivity index (χ0v) is 18.7. The summed E-state index contributed by atoms with van der Waals surface area (Å²) in [7, 11) is 1.34. The van der Waals surface area contributed by atoms with Gasteiger partial charge in [-0.1, -0.05) is 26.0 Å².